The molecule has 0 N–H and O–H groups in total. The monoisotopic (exact) mass is 430 g/mol. The predicted molar refractivity (Wildman–Crippen MR) is 125 cm³/mol. The van der Waals surface area contributed by atoms with E-state index in [1.54, 1.807) is 21.3 Å². The van der Waals surface area contributed by atoms with Gasteiger partial charge in [-0.25, -0.2) is 0 Å². The molecule has 1 aliphatic heterocycles. The van der Waals surface area contributed by atoms with E-state index in [0.29, 0.717) is 6.61 Å². The fraction of sp³-hybridized carbons (Fsp3) is 0.296. The number of hydrogen-bond acceptors (Lipinski definition) is 4. The van der Waals surface area contributed by atoms with Gasteiger partial charge in [0.2, 0.25) is 5.69 Å². The summed E-state index contributed by atoms with van der Waals surface area (Å²) in [4.78, 5) is 0. The zero-order chi connectivity index (χ0) is 22.1. The minimum absolute atomic E-state index is 0.542. The highest BCUT2D eigenvalue weighted by atomic mass is 16.5. The van der Waals surface area contributed by atoms with Crippen LogP contribution < -0.4 is 23.5 Å². The number of aromatic nitrogens is 1. The Balaban J connectivity index is 1.57. The van der Waals surface area contributed by atoms with Gasteiger partial charge in [0.25, 0.3) is 0 Å². The van der Waals surface area contributed by atoms with Crippen LogP contribution in [0.5, 0.6) is 23.0 Å². The molecule has 0 radical (unpaired) electrons. The van der Waals surface area contributed by atoms with E-state index < -0.39 is 0 Å². The summed E-state index contributed by atoms with van der Waals surface area (Å²) in [5, 5.41) is 2.15. The van der Waals surface area contributed by atoms with E-state index in [2.05, 4.69) is 53.3 Å². The first kappa shape index (κ1) is 20.4. The van der Waals surface area contributed by atoms with Crippen LogP contribution in [0.15, 0.2) is 60.3 Å². The zero-order valence-electron chi connectivity index (χ0n) is 18.8. The van der Waals surface area contributed by atoms with Crippen molar-refractivity contribution in [3.63, 3.8) is 0 Å². The molecule has 0 bridgehead atoms. The van der Waals surface area contributed by atoms with Crippen LogP contribution in [-0.4, -0.2) is 27.9 Å². The zero-order valence-corrected chi connectivity index (χ0v) is 18.8. The molecule has 5 rings (SSSR count). The minimum atomic E-state index is 0.542. The molecule has 1 aliphatic carbocycles. The molecule has 0 saturated heterocycles. The number of hydrogen-bond donors (Lipinski definition) is 0. The van der Waals surface area contributed by atoms with Gasteiger partial charge in [0, 0.05) is 12.5 Å². The number of ether oxygens (including phenoxy) is 4. The third-order valence-electron chi connectivity index (χ3n) is 6.26. The normalized spacial score (nSPS) is 14.4. The van der Waals surface area contributed by atoms with Crippen molar-refractivity contribution < 1.29 is 23.5 Å². The van der Waals surface area contributed by atoms with Crippen molar-refractivity contribution in [2.75, 3.05) is 27.9 Å². The predicted octanol–water partition coefficient (Wildman–Crippen LogP) is 5.03. The van der Waals surface area contributed by atoms with E-state index in [1.807, 2.05) is 6.07 Å². The Hall–Kier alpha value is -3.47. The summed E-state index contributed by atoms with van der Waals surface area (Å²) in [7, 11) is 5.05. The lowest BCUT2D eigenvalue weighted by Crippen LogP contribution is -2.40. The number of benzene rings is 2. The summed E-state index contributed by atoms with van der Waals surface area (Å²) < 4.78 is 25.3. The summed E-state index contributed by atoms with van der Waals surface area (Å²) >= 11 is 0. The van der Waals surface area contributed by atoms with E-state index in [1.165, 1.54) is 16.7 Å². The molecular formula is C27H28NO4+. The van der Waals surface area contributed by atoms with Crippen molar-refractivity contribution in [2.45, 2.75) is 25.8 Å². The lowest BCUT2D eigenvalue weighted by molar-refractivity contribution is -0.686. The van der Waals surface area contributed by atoms with Crippen LogP contribution in [0.4, 0.5) is 0 Å². The second-order valence-corrected chi connectivity index (χ2v) is 8.11. The third-order valence-corrected chi connectivity index (χ3v) is 6.26. The number of allylic oxidation sites excluding steroid dienone is 2. The first-order valence-electron chi connectivity index (χ1n) is 11.0. The molecule has 2 heterocycles. The van der Waals surface area contributed by atoms with Gasteiger partial charge in [0.05, 0.1) is 32.3 Å². The molecule has 0 unspecified atom stereocenters. The Labute approximate surface area is 188 Å². The molecule has 2 aromatic carbocycles. The van der Waals surface area contributed by atoms with Crippen LogP contribution in [-0.2, 0) is 13.0 Å². The average molecular weight is 431 g/mol. The maximum absolute atomic E-state index is 6.21. The fourth-order valence-electron chi connectivity index (χ4n) is 4.59. The first-order valence-corrected chi connectivity index (χ1v) is 11.0. The second-order valence-electron chi connectivity index (χ2n) is 8.11. The molecule has 0 spiro atoms. The van der Waals surface area contributed by atoms with Gasteiger partial charge >= 0.3 is 0 Å². The summed E-state index contributed by atoms with van der Waals surface area (Å²) in [5.74, 6) is 3.05. The van der Waals surface area contributed by atoms with Gasteiger partial charge in [-0.1, -0.05) is 18.2 Å². The highest BCUT2D eigenvalue weighted by Crippen LogP contribution is 2.40. The van der Waals surface area contributed by atoms with Gasteiger partial charge in [-0.05, 0) is 53.6 Å². The van der Waals surface area contributed by atoms with Crippen molar-refractivity contribution in [1.29, 1.82) is 0 Å². The van der Waals surface area contributed by atoms with E-state index in [9.17, 15) is 0 Å². The molecule has 0 fully saturated rings. The molecule has 2 aliphatic rings. The maximum Gasteiger partial charge on any atom is 0.213 e. The molecule has 0 atom stereocenters. The van der Waals surface area contributed by atoms with E-state index in [0.717, 1.165) is 65.3 Å². The average Bonchev–Trinajstić information content (AvgIpc) is 2.85. The van der Waals surface area contributed by atoms with Gasteiger partial charge in [-0.2, -0.15) is 4.57 Å². The Bertz CT molecular complexity index is 1240. The number of rotatable bonds is 6. The molecule has 3 aromatic rings. The number of methoxy groups -OCH3 is 3. The summed E-state index contributed by atoms with van der Waals surface area (Å²) in [5.41, 5.74) is 4.82. The van der Waals surface area contributed by atoms with Gasteiger partial charge in [-0.3, -0.25) is 0 Å². The maximum atomic E-state index is 6.21. The quantitative estimate of drug-likeness (QED) is 0.514. The lowest BCUT2D eigenvalue weighted by atomic mass is 9.95. The molecule has 164 valence electrons. The van der Waals surface area contributed by atoms with Crippen LogP contribution in [0.1, 0.15) is 18.4 Å². The molecule has 0 saturated carbocycles. The minimum Gasteiger partial charge on any atom is -0.493 e. The second kappa shape index (κ2) is 8.58. The molecule has 5 nitrogen and oxygen atoms in total. The Morgan fingerprint density at radius 1 is 0.906 bits per heavy atom. The summed E-state index contributed by atoms with van der Waals surface area (Å²) in [6.07, 6.45) is 11.8. The van der Waals surface area contributed by atoms with Crippen molar-refractivity contribution in [1.82, 2.24) is 0 Å². The van der Waals surface area contributed by atoms with Crippen LogP contribution in [0, 0.1) is 0 Å². The van der Waals surface area contributed by atoms with Crippen molar-refractivity contribution in [3.8, 4) is 34.3 Å². The molecule has 1 aromatic heterocycles. The van der Waals surface area contributed by atoms with Crippen LogP contribution >= 0.6 is 0 Å². The Morgan fingerprint density at radius 2 is 1.78 bits per heavy atom. The smallest absolute Gasteiger partial charge is 0.213 e. The van der Waals surface area contributed by atoms with Gasteiger partial charge in [-0.15, -0.1) is 0 Å². The Morgan fingerprint density at radius 3 is 2.53 bits per heavy atom. The topological polar surface area (TPSA) is 40.8 Å². The highest BCUT2D eigenvalue weighted by Gasteiger charge is 2.27. The molecule has 32 heavy (non-hydrogen) atoms. The van der Waals surface area contributed by atoms with Gasteiger partial charge in [0.15, 0.2) is 35.7 Å². The van der Waals surface area contributed by atoms with Crippen LogP contribution in [0.3, 0.4) is 0 Å². The largest absolute Gasteiger partial charge is 0.493 e. The van der Waals surface area contributed by atoms with Crippen molar-refractivity contribution >= 4 is 10.8 Å². The molecular weight excluding hydrogens is 402 g/mol. The molecule has 5 heteroatoms. The SMILES string of the molecule is COc1cc2c(cc1OCC1=CCCC=C1)-c1cc3ccc(OC)c(OC)c3c[n+]1CC2. The van der Waals surface area contributed by atoms with E-state index >= 15 is 0 Å². The van der Waals surface area contributed by atoms with Crippen molar-refractivity contribution in [2.24, 2.45) is 0 Å². The van der Waals surface area contributed by atoms with E-state index in [-0.39, 0.29) is 0 Å². The number of fused-ring (bicyclic) bond motifs is 4. The number of nitrogens with zero attached hydrogens (tertiary/aromatic N) is 1. The summed E-state index contributed by atoms with van der Waals surface area (Å²) in [6, 6.07) is 10.5. The third kappa shape index (κ3) is 3.58. The number of pyridine rings is 1. The highest BCUT2D eigenvalue weighted by molar-refractivity contribution is 5.91. The van der Waals surface area contributed by atoms with Crippen LogP contribution in [0.2, 0.25) is 0 Å². The van der Waals surface area contributed by atoms with Crippen molar-refractivity contribution in [3.05, 3.63) is 65.9 Å². The lowest BCUT2D eigenvalue weighted by Gasteiger charge is -2.20. The first-order chi connectivity index (χ1) is 15.7. The Kier molecular flexibility index (Phi) is 5.48. The van der Waals surface area contributed by atoms with Crippen LogP contribution in [0.25, 0.3) is 22.0 Å². The standard InChI is InChI=1S/C27H28NO4/c1-29-24-10-9-19-13-23-21-15-26(32-17-18-7-5-4-6-8-18)25(30-2)14-20(21)11-12-28(23)16-22(19)27(24)31-3/h5,7-10,13-16H,4,6,11-12,17H2,1-3H3/q+1. The fourth-order valence-corrected chi connectivity index (χ4v) is 4.59. The van der Waals surface area contributed by atoms with Gasteiger partial charge < -0.3 is 18.9 Å². The van der Waals surface area contributed by atoms with E-state index in [4.69, 9.17) is 18.9 Å². The number of aryl methyl sites for hydroxylation is 2. The van der Waals surface area contributed by atoms with Gasteiger partial charge in [0.1, 0.15) is 6.61 Å². The molecule has 0 amide bonds. The summed E-state index contributed by atoms with van der Waals surface area (Å²) in [6.45, 7) is 1.43.